The van der Waals surface area contributed by atoms with Crippen LogP contribution in [-0.4, -0.2) is 9.55 Å². The van der Waals surface area contributed by atoms with Gasteiger partial charge in [-0.15, -0.1) is 0 Å². The molecule has 0 saturated heterocycles. The van der Waals surface area contributed by atoms with E-state index in [4.69, 9.17) is 17.3 Å². The first-order valence-electron chi connectivity index (χ1n) is 5.56. The smallest absolute Gasteiger partial charge is 0.206 e. The van der Waals surface area contributed by atoms with Crippen molar-refractivity contribution >= 4 is 44.5 Å². The molecule has 0 unspecified atom stereocenters. The molecule has 3 nitrogen and oxygen atoms in total. The molecule has 0 bridgehead atoms. The SMILES string of the molecule is Nc1nc2ccc(F)c(F)c2n1-c1cc(Br)ccc1Cl. The summed E-state index contributed by atoms with van der Waals surface area (Å²) in [6.07, 6.45) is 0. The fourth-order valence-corrected chi connectivity index (χ4v) is 2.57. The first-order chi connectivity index (χ1) is 9.49. The third-order valence-corrected chi connectivity index (χ3v) is 3.70. The molecule has 2 aromatic carbocycles. The van der Waals surface area contributed by atoms with E-state index in [-0.39, 0.29) is 17.0 Å². The highest BCUT2D eigenvalue weighted by molar-refractivity contribution is 9.10. The van der Waals surface area contributed by atoms with Gasteiger partial charge in [0.2, 0.25) is 5.95 Å². The van der Waals surface area contributed by atoms with Gasteiger partial charge in [-0.25, -0.2) is 13.8 Å². The molecule has 0 fully saturated rings. The van der Waals surface area contributed by atoms with Crippen LogP contribution in [0.3, 0.4) is 0 Å². The molecule has 7 heteroatoms. The second-order valence-electron chi connectivity index (χ2n) is 4.13. The maximum atomic E-state index is 14.0. The van der Waals surface area contributed by atoms with E-state index in [0.29, 0.717) is 10.7 Å². The third-order valence-electron chi connectivity index (χ3n) is 2.88. The molecule has 1 heterocycles. The van der Waals surface area contributed by atoms with E-state index in [2.05, 4.69) is 20.9 Å². The zero-order chi connectivity index (χ0) is 14.4. The summed E-state index contributed by atoms with van der Waals surface area (Å²) in [6, 6.07) is 7.40. The minimum absolute atomic E-state index is 0.0319. The molecule has 2 N–H and O–H groups in total. The van der Waals surface area contributed by atoms with E-state index in [1.165, 1.54) is 10.6 Å². The summed E-state index contributed by atoms with van der Waals surface area (Å²) >= 11 is 9.41. The average molecular weight is 359 g/mol. The van der Waals surface area contributed by atoms with Crippen molar-refractivity contribution < 1.29 is 8.78 Å². The number of hydrogen-bond acceptors (Lipinski definition) is 2. The van der Waals surface area contributed by atoms with E-state index in [0.717, 1.165) is 10.5 Å². The van der Waals surface area contributed by atoms with Gasteiger partial charge in [0.1, 0.15) is 5.52 Å². The summed E-state index contributed by atoms with van der Waals surface area (Å²) in [5.41, 5.74) is 6.46. The zero-order valence-electron chi connectivity index (χ0n) is 9.87. The first-order valence-corrected chi connectivity index (χ1v) is 6.73. The molecular weight excluding hydrogens is 352 g/mol. The Morgan fingerprint density at radius 2 is 1.95 bits per heavy atom. The van der Waals surface area contributed by atoms with Crippen molar-refractivity contribution in [2.24, 2.45) is 0 Å². The molecule has 3 aromatic rings. The number of anilines is 1. The lowest BCUT2D eigenvalue weighted by atomic mass is 10.2. The number of benzene rings is 2. The van der Waals surface area contributed by atoms with Crippen LogP contribution in [0, 0.1) is 11.6 Å². The number of hydrogen-bond donors (Lipinski definition) is 1. The standard InChI is InChI=1S/C13H7BrClF2N3/c14-6-1-2-7(15)10(5-6)20-12-9(19-13(20)18)4-3-8(16)11(12)17/h1-5H,(H2,18,19). The van der Waals surface area contributed by atoms with E-state index in [1.807, 2.05) is 0 Å². The number of imidazole rings is 1. The summed E-state index contributed by atoms with van der Waals surface area (Å²) < 4.78 is 29.5. The molecule has 0 aliphatic rings. The van der Waals surface area contributed by atoms with Crippen LogP contribution < -0.4 is 5.73 Å². The summed E-state index contributed by atoms with van der Waals surface area (Å²) in [5, 5.41) is 0.350. The van der Waals surface area contributed by atoms with Crippen molar-refractivity contribution in [1.29, 1.82) is 0 Å². The summed E-state index contributed by atoms with van der Waals surface area (Å²) in [5.74, 6) is -1.95. The van der Waals surface area contributed by atoms with Crippen LogP contribution in [0.2, 0.25) is 5.02 Å². The number of nitrogen functional groups attached to an aromatic ring is 1. The Morgan fingerprint density at radius 3 is 2.70 bits per heavy atom. The summed E-state index contributed by atoms with van der Waals surface area (Å²) in [7, 11) is 0. The van der Waals surface area contributed by atoms with Gasteiger partial charge in [0.15, 0.2) is 11.6 Å². The van der Waals surface area contributed by atoms with Gasteiger partial charge in [0, 0.05) is 4.47 Å². The predicted octanol–water partition coefficient (Wildman–Crippen LogP) is 4.30. The highest BCUT2D eigenvalue weighted by Gasteiger charge is 2.18. The summed E-state index contributed by atoms with van der Waals surface area (Å²) in [6.45, 7) is 0. The molecule has 3 rings (SSSR count). The molecule has 20 heavy (non-hydrogen) atoms. The maximum absolute atomic E-state index is 14.0. The van der Waals surface area contributed by atoms with Gasteiger partial charge in [-0.3, -0.25) is 4.57 Å². The summed E-state index contributed by atoms with van der Waals surface area (Å²) in [4.78, 5) is 4.02. The Kier molecular flexibility index (Phi) is 3.14. The van der Waals surface area contributed by atoms with Crippen molar-refractivity contribution in [3.63, 3.8) is 0 Å². The van der Waals surface area contributed by atoms with Crippen molar-refractivity contribution in [3.8, 4) is 5.69 Å². The Balaban J connectivity index is 2.44. The number of fused-ring (bicyclic) bond motifs is 1. The van der Waals surface area contributed by atoms with Gasteiger partial charge in [-0.2, -0.15) is 0 Å². The van der Waals surface area contributed by atoms with Crippen LogP contribution in [0.15, 0.2) is 34.8 Å². The topological polar surface area (TPSA) is 43.8 Å². The first kappa shape index (κ1) is 13.3. The molecule has 0 radical (unpaired) electrons. The molecule has 0 atom stereocenters. The van der Waals surface area contributed by atoms with Crippen LogP contribution >= 0.6 is 27.5 Å². The lowest BCUT2D eigenvalue weighted by Crippen LogP contribution is -2.03. The Bertz CT molecular complexity index is 832. The third kappa shape index (κ3) is 1.96. The molecular formula is C13H7BrClF2N3. The normalized spacial score (nSPS) is 11.2. The number of nitrogens with two attached hydrogens (primary N) is 1. The highest BCUT2D eigenvalue weighted by Crippen LogP contribution is 2.32. The number of halogens is 4. The van der Waals surface area contributed by atoms with Crippen LogP contribution in [0.5, 0.6) is 0 Å². The molecule has 0 amide bonds. The largest absolute Gasteiger partial charge is 0.369 e. The van der Waals surface area contributed by atoms with Gasteiger partial charge in [0.25, 0.3) is 0 Å². The van der Waals surface area contributed by atoms with Crippen LogP contribution in [0.4, 0.5) is 14.7 Å². The molecule has 1 aromatic heterocycles. The average Bonchev–Trinajstić information content (AvgIpc) is 2.74. The molecule has 0 spiro atoms. The number of nitrogens with zero attached hydrogens (tertiary/aromatic N) is 2. The van der Waals surface area contributed by atoms with Crippen LogP contribution in [0.1, 0.15) is 0 Å². The van der Waals surface area contributed by atoms with Crippen LogP contribution in [-0.2, 0) is 0 Å². The van der Waals surface area contributed by atoms with Crippen molar-refractivity contribution in [3.05, 3.63) is 51.5 Å². The lowest BCUT2D eigenvalue weighted by molar-refractivity contribution is 0.514. The quantitative estimate of drug-likeness (QED) is 0.705. The fourth-order valence-electron chi connectivity index (χ4n) is 2.02. The van der Waals surface area contributed by atoms with Gasteiger partial charge in [-0.1, -0.05) is 27.5 Å². The van der Waals surface area contributed by atoms with E-state index in [1.54, 1.807) is 18.2 Å². The van der Waals surface area contributed by atoms with Crippen molar-refractivity contribution in [2.45, 2.75) is 0 Å². The minimum Gasteiger partial charge on any atom is -0.369 e. The van der Waals surface area contributed by atoms with Crippen molar-refractivity contribution in [2.75, 3.05) is 5.73 Å². The Hall–Kier alpha value is -1.66. The minimum atomic E-state index is -1.01. The van der Waals surface area contributed by atoms with Gasteiger partial charge < -0.3 is 5.73 Å². The van der Waals surface area contributed by atoms with Crippen LogP contribution in [0.25, 0.3) is 16.7 Å². The van der Waals surface area contributed by atoms with Crippen molar-refractivity contribution in [1.82, 2.24) is 9.55 Å². The Labute approximate surface area is 126 Å². The second kappa shape index (κ2) is 4.71. The maximum Gasteiger partial charge on any atom is 0.206 e. The monoisotopic (exact) mass is 357 g/mol. The fraction of sp³-hybridized carbons (Fsp3) is 0. The van der Waals surface area contributed by atoms with E-state index in [9.17, 15) is 8.78 Å². The highest BCUT2D eigenvalue weighted by atomic mass is 79.9. The van der Waals surface area contributed by atoms with Gasteiger partial charge in [-0.05, 0) is 30.3 Å². The molecule has 0 aliphatic carbocycles. The van der Waals surface area contributed by atoms with E-state index >= 15 is 0 Å². The van der Waals surface area contributed by atoms with Gasteiger partial charge in [0.05, 0.1) is 16.2 Å². The molecule has 0 aliphatic heterocycles. The van der Waals surface area contributed by atoms with E-state index < -0.39 is 11.6 Å². The Morgan fingerprint density at radius 1 is 1.20 bits per heavy atom. The molecule has 102 valence electrons. The van der Waals surface area contributed by atoms with Gasteiger partial charge >= 0.3 is 0 Å². The number of rotatable bonds is 1. The molecule has 0 saturated carbocycles. The lowest BCUT2D eigenvalue weighted by Gasteiger charge is -2.10. The predicted molar refractivity (Wildman–Crippen MR) is 78.1 cm³/mol. The number of aromatic nitrogens is 2. The zero-order valence-corrected chi connectivity index (χ0v) is 12.2. The second-order valence-corrected chi connectivity index (χ2v) is 5.45.